The molecule has 0 atom stereocenters. The van der Waals surface area contributed by atoms with E-state index < -0.39 is 6.09 Å². The third kappa shape index (κ3) is 5.03. The second kappa shape index (κ2) is 11.4. The number of ether oxygens (including phenoxy) is 1. The van der Waals surface area contributed by atoms with E-state index in [1.165, 1.54) is 4.90 Å². The molecule has 230 valence electrons. The summed E-state index contributed by atoms with van der Waals surface area (Å²) in [5.41, 5.74) is 4.45. The van der Waals surface area contributed by atoms with Crippen LogP contribution in [0.4, 0.5) is 22.2 Å². The maximum absolute atomic E-state index is 11.3. The first-order valence-corrected chi connectivity index (χ1v) is 15.6. The van der Waals surface area contributed by atoms with E-state index in [0.29, 0.717) is 56.1 Å². The van der Waals surface area contributed by atoms with E-state index in [2.05, 4.69) is 39.0 Å². The van der Waals surface area contributed by atoms with Gasteiger partial charge in [-0.3, -0.25) is 9.38 Å². The SMILES string of the molecule is O=C(O)N1CCN(c2ccc(-c3cnc(N4CCOCC4)c4nc(N5CC(c6ccc7ccccc7n6)C5)c(Cl)n34)cn2)CC1. The van der Waals surface area contributed by atoms with Crippen molar-refractivity contribution >= 4 is 51.7 Å². The molecule has 0 radical (unpaired) electrons. The van der Waals surface area contributed by atoms with Crippen LogP contribution in [0, 0.1) is 0 Å². The zero-order chi connectivity index (χ0) is 30.5. The lowest BCUT2D eigenvalue weighted by Crippen LogP contribution is -2.48. The maximum Gasteiger partial charge on any atom is 0.407 e. The van der Waals surface area contributed by atoms with Gasteiger partial charge in [0.15, 0.2) is 22.4 Å². The largest absolute Gasteiger partial charge is 0.465 e. The Labute approximate surface area is 264 Å². The van der Waals surface area contributed by atoms with Crippen molar-refractivity contribution in [2.24, 2.45) is 0 Å². The molecule has 13 heteroatoms. The molecule has 0 unspecified atom stereocenters. The van der Waals surface area contributed by atoms with Gasteiger partial charge in [0.1, 0.15) is 5.82 Å². The lowest BCUT2D eigenvalue weighted by Gasteiger charge is -2.39. The quantitative estimate of drug-likeness (QED) is 0.304. The molecule has 0 aliphatic carbocycles. The van der Waals surface area contributed by atoms with E-state index in [1.54, 1.807) is 0 Å². The summed E-state index contributed by atoms with van der Waals surface area (Å²) in [5.74, 6) is 2.62. The summed E-state index contributed by atoms with van der Waals surface area (Å²) >= 11 is 7.19. The molecule has 4 aromatic heterocycles. The van der Waals surface area contributed by atoms with Crippen LogP contribution >= 0.6 is 11.6 Å². The second-order valence-electron chi connectivity index (χ2n) is 11.6. The monoisotopic (exact) mass is 625 g/mol. The zero-order valence-corrected chi connectivity index (χ0v) is 25.3. The van der Waals surface area contributed by atoms with Gasteiger partial charge in [-0.2, -0.15) is 0 Å². The number of amides is 1. The van der Waals surface area contributed by atoms with E-state index in [-0.39, 0.29) is 0 Å². The molecule has 5 aromatic rings. The highest BCUT2D eigenvalue weighted by Gasteiger charge is 2.34. The van der Waals surface area contributed by atoms with Gasteiger partial charge in [0.25, 0.3) is 0 Å². The van der Waals surface area contributed by atoms with Crippen molar-refractivity contribution < 1.29 is 14.6 Å². The third-order valence-electron chi connectivity index (χ3n) is 9.00. The standard InChI is InChI=1S/C32H32ClN9O3/c33-28-29(41-19-23(20-41)25-7-5-21-3-1-2-4-24(21)36-25)37-31-30(39-13-15-45-16-14-39)35-18-26(42(28)31)22-6-8-27(34-17-22)38-9-11-40(12-10-38)32(43)44/h1-8,17-18,23H,9-16,19-20H2,(H,43,44). The third-order valence-corrected chi connectivity index (χ3v) is 9.34. The van der Waals surface area contributed by atoms with Crippen molar-refractivity contribution in [1.29, 1.82) is 0 Å². The molecule has 1 aromatic carbocycles. The number of rotatable bonds is 5. The number of carbonyl (C=O) groups is 1. The molecule has 7 heterocycles. The lowest BCUT2D eigenvalue weighted by molar-refractivity contribution is 0.122. The van der Waals surface area contributed by atoms with Crippen molar-refractivity contribution in [1.82, 2.24) is 29.2 Å². The van der Waals surface area contributed by atoms with Gasteiger partial charge in [0.05, 0.1) is 30.6 Å². The molecule has 8 rings (SSSR count). The number of piperazine rings is 1. The molecule has 1 N–H and O–H groups in total. The number of carboxylic acid groups (broad SMARTS) is 1. The number of benzene rings is 1. The number of hydrogen-bond acceptors (Lipinski definition) is 9. The number of fused-ring (bicyclic) bond motifs is 2. The van der Waals surface area contributed by atoms with E-state index >= 15 is 0 Å². The van der Waals surface area contributed by atoms with Crippen molar-refractivity contribution in [3.8, 4) is 11.3 Å². The highest BCUT2D eigenvalue weighted by molar-refractivity contribution is 6.32. The first-order chi connectivity index (χ1) is 22.0. The normalized spacial score (nSPS) is 17.7. The number of aromatic nitrogens is 5. The molecule has 3 aliphatic heterocycles. The summed E-state index contributed by atoms with van der Waals surface area (Å²) in [6, 6.07) is 16.4. The Hall–Kier alpha value is -4.68. The van der Waals surface area contributed by atoms with Crippen LogP contribution in [0.25, 0.3) is 27.8 Å². The molecule has 0 spiro atoms. The van der Waals surface area contributed by atoms with Crippen LogP contribution in [0.5, 0.6) is 0 Å². The minimum atomic E-state index is -0.884. The van der Waals surface area contributed by atoms with E-state index in [1.807, 2.05) is 41.1 Å². The van der Waals surface area contributed by atoms with Gasteiger partial charge in [0, 0.05) is 81.1 Å². The number of nitrogens with zero attached hydrogens (tertiary/aromatic N) is 9. The number of morpholine rings is 1. The number of pyridine rings is 2. The van der Waals surface area contributed by atoms with Crippen LogP contribution in [0.1, 0.15) is 11.6 Å². The highest BCUT2D eigenvalue weighted by atomic mass is 35.5. The van der Waals surface area contributed by atoms with Crippen LogP contribution in [0.15, 0.2) is 60.9 Å². The Bertz CT molecular complexity index is 1880. The van der Waals surface area contributed by atoms with Crippen LogP contribution < -0.4 is 14.7 Å². The summed E-state index contributed by atoms with van der Waals surface area (Å²) in [6.45, 7) is 6.38. The van der Waals surface area contributed by atoms with E-state index in [4.69, 9.17) is 36.3 Å². The number of anilines is 3. The van der Waals surface area contributed by atoms with Crippen molar-refractivity contribution in [3.63, 3.8) is 0 Å². The van der Waals surface area contributed by atoms with Gasteiger partial charge in [0.2, 0.25) is 0 Å². The molecule has 0 bridgehead atoms. The predicted octanol–water partition coefficient (Wildman–Crippen LogP) is 4.23. The van der Waals surface area contributed by atoms with Crippen molar-refractivity contribution in [2.75, 3.05) is 80.3 Å². The van der Waals surface area contributed by atoms with Crippen LogP contribution in [0.2, 0.25) is 5.15 Å². The lowest BCUT2D eigenvalue weighted by atomic mass is 9.95. The summed E-state index contributed by atoms with van der Waals surface area (Å²) < 4.78 is 7.58. The average molecular weight is 626 g/mol. The number of imidazole rings is 1. The summed E-state index contributed by atoms with van der Waals surface area (Å²) in [4.78, 5) is 38.9. The Kier molecular flexibility index (Phi) is 7.02. The summed E-state index contributed by atoms with van der Waals surface area (Å²) in [7, 11) is 0. The number of hydrogen-bond donors (Lipinski definition) is 1. The fourth-order valence-corrected chi connectivity index (χ4v) is 6.73. The van der Waals surface area contributed by atoms with Gasteiger partial charge in [-0.15, -0.1) is 0 Å². The van der Waals surface area contributed by atoms with Gasteiger partial charge in [-0.1, -0.05) is 35.9 Å². The van der Waals surface area contributed by atoms with Crippen LogP contribution in [-0.2, 0) is 4.74 Å². The van der Waals surface area contributed by atoms with Gasteiger partial charge >= 0.3 is 6.09 Å². The molecule has 12 nitrogen and oxygen atoms in total. The topological polar surface area (TPSA) is 115 Å². The summed E-state index contributed by atoms with van der Waals surface area (Å²) in [6.07, 6.45) is 2.78. The van der Waals surface area contributed by atoms with Gasteiger partial charge < -0.3 is 29.4 Å². The van der Waals surface area contributed by atoms with Crippen LogP contribution in [-0.4, -0.2) is 106 Å². The van der Waals surface area contributed by atoms with Gasteiger partial charge in [-0.05, 0) is 24.3 Å². The van der Waals surface area contributed by atoms with E-state index in [9.17, 15) is 9.90 Å². The zero-order valence-electron chi connectivity index (χ0n) is 24.6. The molecule has 3 saturated heterocycles. The molecule has 45 heavy (non-hydrogen) atoms. The smallest absolute Gasteiger partial charge is 0.407 e. The number of para-hydroxylation sites is 1. The van der Waals surface area contributed by atoms with Crippen molar-refractivity contribution in [3.05, 3.63) is 71.8 Å². The first kappa shape index (κ1) is 27.8. The highest BCUT2D eigenvalue weighted by Crippen LogP contribution is 2.39. The molecule has 0 saturated carbocycles. The van der Waals surface area contributed by atoms with Crippen LogP contribution in [0.3, 0.4) is 0 Å². The minimum Gasteiger partial charge on any atom is -0.465 e. The van der Waals surface area contributed by atoms with Crippen molar-refractivity contribution in [2.45, 2.75) is 5.92 Å². The summed E-state index contributed by atoms with van der Waals surface area (Å²) in [5, 5.41) is 11.0. The Morgan fingerprint density at radius 1 is 0.822 bits per heavy atom. The fourth-order valence-electron chi connectivity index (χ4n) is 6.40. The number of halogens is 1. The molecular formula is C32H32ClN9O3. The average Bonchev–Trinajstić information content (AvgIpc) is 3.40. The van der Waals surface area contributed by atoms with Gasteiger partial charge in [-0.25, -0.2) is 19.7 Å². The fraction of sp³-hybridized carbons (Fsp3) is 0.344. The molecule has 1 amide bonds. The maximum atomic E-state index is 11.3. The Morgan fingerprint density at radius 2 is 1.62 bits per heavy atom. The van der Waals surface area contributed by atoms with E-state index in [0.717, 1.165) is 71.5 Å². The Morgan fingerprint density at radius 3 is 2.38 bits per heavy atom. The predicted molar refractivity (Wildman–Crippen MR) is 173 cm³/mol. The first-order valence-electron chi connectivity index (χ1n) is 15.2. The molecular weight excluding hydrogens is 594 g/mol. The molecule has 3 fully saturated rings. The minimum absolute atomic E-state index is 0.293. The Balaban J connectivity index is 1.10. The molecule has 3 aliphatic rings. The second-order valence-corrected chi connectivity index (χ2v) is 12.0.